The van der Waals surface area contributed by atoms with Crippen LogP contribution in [0.15, 0.2) is 30.3 Å². The Kier molecular flexibility index (Phi) is 6.81. The van der Waals surface area contributed by atoms with Crippen LogP contribution in [0.2, 0.25) is 0 Å². The summed E-state index contributed by atoms with van der Waals surface area (Å²) in [5, 5.41) is 3.18. The fourth-order valence-electron chi connectivity index (χ4n) is 1.60. The molecule has 3 heteroatoms. The second-order valence-corrected chi connectivity index (χ2v) is 3.86. The summed E-state index contributed by atoms with van der Waals surface area (Å²) in [6, 6.07) is 10.6. The largest absolute Gasteiger partial charge is 0.383 e. The van der Waals surface area contributed by atoms with Gasteiger partial charge in [0.25, 0.3) is 0 Å². The van der Waals surface area contributed by atoms with Gasteiger partial charge in [0.15, 0.2) is 0 Å². The number of benzene rings is 1. The summed E-state index contributed by atoms with van der Waals surface area (Å²) in [5.41, 5.74) is 1.36. The smallest absolute Gasteiger partial charge is 0.0589 e. The molecule has 0 bridgehead atoms. The van der Waals surface area contributed by atoms with Crippen LogP contribution in [-0.4, -0.2) is 45.3 Å². The number of nitrogens with one attached hydrogen (secondary N) is 1. The highest BCUT2D eigenvalue weighted by atomic mass is 16.5. The number of hydrogen-bond donors (Lipinski definition) is 1. The molecule has 90 valence electrons. The van der Waals surface area contributed by atoms with Gasteiger partial charge in [0, 0.05) is 33.3 Å². The molecule has 16 heavy (non-hydrogen) atoms. The lowest BCUT2D eigenvalue weighted by atomic mass is 10.2. The highest BCUT2D eigenvalue weighted by Crippen LogP contribution is 2.03. The lowest BCUT2D eigenvalue weighted by Gasteiger charge is -2.21. The normalized spacial score (nSPS) is 10.9. The molecule has 0 fully saturated rings. The Morgan fingerprint density at radius 1 is 1.19 bits per heavy atom. The van der Waals surface area contributed by atoms with E-state index < -0.39 is 0 Å². The molecule has 0 spiro atoms. The minimum atomic E-state index is 0.788. The highest BCUT2D eigenvalue weighted by Gasteiger charge is 2.04. The van der Waals surface area contributed by atoms with Crippen molar-refractivity contribution in [3.63, 3.8) is 0 Å². The third-order valence-corrected chi connectivity index (χ3v) is 2.54. The number of rotatable bonds is 8. The maximum atomic E-state index is 5.13. The Morgan fingerprint density at radius 3 is 2.56 bits per heavy atom. The van der Waals surface area contributed by atoms with E-state index in [1.54, 1.807) is 7.11 Å². The Bertz CT molecular complexity index is 256. The Balaban J connectivity index is 2.42. The van der Waals surface area contributed by atoms with Crippen LogP contribution in [0.5, 0.6) is 0 Å². The van der Waals surface area contributed by atoms with Crippen molar-refractivity contribution in [3.8, 4) is 0 Å². The van der Waals surface area contributed by atoms with Gasteiger partial charge in [-0.1, -0.05) is 30.3 Å². The zero-order valence-corrected chi connectivity index (χ0v) is 10.3. The molecular formula is C13H22N2O. The first-order valence-corrected chi connectivity index (χ1v) is 5.76. The molecule has 0 heterocycles. The van der Waals surface area contributed by atoms with Crippen LogP contribution in [0.3, 0.4) is 0 Å². The van der Waals surface area contributed by atoms with E-state index in [0.29, 0.717) is 0 Å². The van der Waals surface area contributed by atoms with Crippen molar-refractivity contribution in [3.05, 3.63) is 35.9 Å². The first-order chi connectivity index (χ1) is 7.86. The number of nitrogens with zero attached hydrogens (tertiary/aromatic N) is 1. The summed E-state index contributed by atoms with van der Waals surface area (Å²) in [6.07, 6.45) is 0. The van der Waals surface area contributed by atoms with Crippen molar-refractivity contribution in [2.45, 2.75) is 6.54 Å². The van der Waals surface area contributed by atoms with Gasteiger partial charge in [-0.05, 0) is 12.6 Å². The Labute approximate surface area is 98.4 Å². The van der Waals surface area contributed by atoms with E-state index in [4.69, 9.17) is 4.74 Å². The zero-order chi connectivity index (χ0) is 11.6. The molecule has 0 aliphatic carbocycles. The zero-order valence-electron chi connectivity index (χ0n) is 10.3. The average molecular weight is 222 g/mol. The predicted octanol–water partition coefficient (Wildman–Crippen LogP) is 1.35. The summed E-state index contributed by atoms with van der Waals surface area (Å²) in [5.74, 6) is 0. The topological polar surface area (TPSA) is 24.5 Å². The molecule has 0 atom stereocenters. The predicted molar refractivity (Wildman–Crippen MR) is 67.5 cm³/mol. The van der Waals surface area contributed by atoms with Gasteiger partial charge in [-0.15, -0.1) is 0 Å². The number of likely N-dealkylation sites (N-methyl/N-ethyl adjacent to an activating group) is 1. The van der Waals surface area contributed by atoms with Crippen LogP contribution >= 0.6 is 0 Å². The van der Waals surface area contributed by atoms with E-state index in [2.05, 4.69) is 40.5 Å². The molecule has 1 N–H and O–H groups in total. The van der Waals surface area contributed by atoms with Crippen LogP contribution < -0.4 is 5.32 Å². The lowest BCUT2D eigenvalue weighted by molar-refractivity contribution is 0.144. The van der Waals surface area contributed by atoms with Crippen LogP contribution in [0.25, 0.3) is 0 Å². The van der Waals surface area contributed by atoms with Crippen molar-refractivity contribution in [2.24, 2.45) is 0 Å². The maximum Gasteiger partial charge on any atom is 0.0589 e. The second-order valence-electron chi connectivity index (χ2n) is 3.86. The van der Waals surface area contributed by atoms with Gasteiger partial charge in [0.2, 0.25) is 0 Å². The quantitative estimate of drug-likeness (QED) is 0.718. The van der Waals surface area contributed by atoms with Crippen molar-refractivity contribution >= 4 is 0 Å². The monoisotopic (exact) mass is 222 g/mol. The molecule has 0 amide bonds. The van der Waals surface area contributed by atoms with Gasteiger partial charge in [-0.3, -0.25) is 4.90 Å². The fourth-order valence-corrected chi connectivity index (χ4v) is 1.60. The van der Waals surface area contributed by atoms with Gasteiger partial charge in [-0.2, -0.15) is 0 Å². The first-order valence-electron chi connectivity index (χ1n) is 5.76. The Morgan fingerprint density at radius 2 is 1.94 bits per heavy atom. The molecule has 3 nitrogen and oxygen atoms in total. The standard InChI is InChI=1S/C13H22N2O/c1-14-8-9-15(10-11-16-2)12-13-6-4-3-5-7-13/h3-7,14H,8-12H2,1-2H3. The molecule has 0 aliphatic heterocycles. The van der Waals surface area contributed by atoms with Gasteiger partial charge in [0.1, 0.15) is 0 Å². The van der Waals surface area contributed by atoms with Gasteiger partial charge >= 0.3 is 0 Å². The van der Waals surface area contributed by atoms with E-state index in [1.807, 2.05) is 7.05 Å². The van der Waals surface area contributed by atoms with Crippen LogP contribution in [-0.2, 0) is 11.3 Å². The van der Waals surface area contributed by atoms with Crippen molar-refractivity contribution in [1.82, 2.24) is 10.2 Å². The molecular weight excluding hydrogens is 200 g/mol. The van der Waals surface area contributed by atoms with Crippen molar-refractivity contribution < 1.29 is 4.74 Å². The average Bonchev–Trinajstić information content (AvgIpc) is 2.34. The molecule has 0 radical (unpaired) electrons. The molecule has 0 unspecified atom stereocenters. The van der Waals surface area contributed by atoms with Gasteiger partial charge in [0.05, 0.1) is 6.61 Å². The summed E-state index contributed by atoms with van der Waals surface area (Å²) in [6.45, 7) is 4.82. The summed E-state index contributed by atoms with van der Waals surface area (Å²) < 4.78 is 5.13. The summed E-state index contributed by atoms with van der Waals surface area (Å²) in [7, 11) is 3.73. The molecule has 0 saturated carbocycles. The number of hydrogen-bond acceptors (Lipinski definition) is 3. The van der Waals surface area contributed by atoms with Crippen molar-refractivity contribution in [1.29, 1.82) is 0 Å². The van der Waals surface area contributed by atoms with E-state index in [-0.39, 0.29) is 0 Å². The molecule has 0 aromatic heterocycles. The van der Waals surface area contributed by atoms with Gasteiger partial charge in [-0.25, -0.2) is 0 Å². The molecule has 1 rings (SSSR count). The third-order valence-electron chi connectivity index (χ3n) is 2.54. The van der Waals surface area contributed by atoms with E-state index in [1.165, 1.54) is 5.56 Å². The third kappa shape index (κ3) is 5.26. The minimum absolute atomic E-state index is 0.788. The molecule has 1 aromatic rings. The molecule has 0 aliphatic rings. The van der Waals surface area contributed by atoms with Crippen LogP contribution in [0.1, 0.15) is 5.56 Å². The van der Waals surface area contributed by atoms with Crippen LogP contribution in [0, 0.1) is 0 Å². The minimum Gasteiger partial charge on any atom is -0.383 e. The van der Waals surface area contributed by atoms with E-state index in [0.717, 1.165) is 32.8 Å². The van der Waals surface area contributed by atoms with Gasteiger partial charge < -0.3 is 10.1 Å². The fraction of sp³-hybridized carbons (Fsp3) is 0.538. The lowest BCUT2D eigenvalue weighted by Crippen LogP contribution is -2.33. The second kappa shape index (κ2) is 8.28. The highest BCUT2D eigenvalue weighted by molar-refractivity contribution is 5.14. The Hall–Kier alpha value is -0.900. The number of methoxy groups -OCH3 is 1. The SMILES string of the molecule is CNCCN(CCOC)Cc1ccccc1. The van der Waals surface area contributed by atoms with Crippen molar-refractivity contribution in [2.75, 3.05) is 40.4 Å². The van der Waals surface area contributed by atoms with E-state index >= 15 is 0 Å². The molecule has 1 aromatic carbocycles. The van der Waals surface area contributed by atoms with Crippen LogP contribution in [0.4, 0.5) is 0 Å². The summed E-state index contributed by atoms with van der Waals surface area (Å²) in [4.78, 5) is 2.40. The summed E-state index contributed by atoms with van der Waals surface area (Å²) >= 11 is 0. The first kappa shape index (κ1) is 13.2. The maximum absolute atomic E-state index is 5.13. The molecule has 0 saturated heterocycles. The van der Waals surface area contributed by atoms with E-state index in [9.17, 15) is 0 Å². The number of ether oxygens (including phenoxy) is 1.